The molecule has 2 aromatic rings. The number of amidine groups is 1. The molecule has 2 heterocycles. The molecule has 0 radical (unpaired) electrons. The molecule has 0 atom stereocenters. The topological polar surface area (TPSA) is 54.4 Å². The summed E-state index contributed by atoms with van der Waals surface area (Å²) in [4.78, 5) is 22.0. The fourth-order valence-corrected chi connectivity index (χ4v) is 4.52. The number of carbonyl (C=O) groups is 1. The van der Waals surface area contributed by atoms with E-state index in [9.17, 15) is 4.79 Å². The van der Waals surface area contributed by atoms with Gasteiger partial charge in [-0.25, -0.2) is 0 Å². The maximum atomic E-state index is 12.5. The first kappa shape index (κ1) is 20.5. The summed E-state index contributed by atoms with van der Waals surface area (Å²) in [5.41, 5.74) is 2.13. The third-order valence-electron chi connectivity index (χ3n) is 5.22. The molecule has 4 rings (SSSR count). The monoisotopic (exact) mass is 423 g/mol. The molecule has 1 saturated heterocycles. The zero-order valence-electron chi connectivity index (χ0n) is 17.2. The molecule has 0 aromatic heterocycles. The number of ether oxygens (including phenoxy) is 2. The number of hydrogen-bond donors (Lipinski definition) is 0. The maximum Gasteiger partial charge on any atom is 0.286 e. The Bertz CT molecular complexity index is 967. The summed E-state index contributed by atoms with van der Waals surface area (Å²) in [7, 11) is 3.23. The van der Waals surface area contributed by atoms with Gasteiger partial charge in [0.15, 0.2) is 5.17 Å². The summed E-state index contributed by atoms with van der Waals surface area (Å²) < 4.78 is 10.7. The van der Waals surface area contributed by atoms with Crippen LogP contribution in [0.3, 0.4) is 0 Å². The Kier molecular flexibility index (Phi) is 6.40. The van der Waals surface area contributed by atoms with Crippen molar-refractivity contribution in [1.82, 2.24) is 9.80 Å². The Morgan fingerprint density at radius 2 is 1.80 bits per heavy atom. The van der Waals surface area contributed by atoms with Crippen molar-refractivity contribution < 1.29 is 14.3 Å². The number of piperazine rings is 1. The lowest BCUT2D eigenvalue weighted by Crippen LogP contribution is -2.47. The molecule has 7 heteroatoms. The standard InChI is InChI=1S/C23H25N3O3S/c1-28-19-8-9-20(29-2)18(14-19)15-21-22(27)24-23(30-21)26-12-10-25(11-13-26)16-17-6-4-3-5-7-17/h3-9,14-15H,10-13,16H2,1-2H3/b21-15+. The molecule has 1 amide bonds. The number of benzene rings is 2. The average molecular weight is 424 g/mol. The van der Waals surface area contributed by atoms with Gasteiger partial charge in [0.05, 0.1) is 19.1 Å². The number of rotatable bonds is 5. The van der Waals surface area contributed by atoms with E-state index >= 15 is 0 Å². The van der Waals surface area contributed by atoms with Crippen LogP contribution in [0.25, 0.3) is 6.08 Å². The number of hydrogen-bond acceptors (Lipinski definition) is 6. The van der Waals surface area contributed by atoms with Crippen LogP contribution in [0.5, 0.6) is 11.5 Å². The molecule has 0 saturated carbocycles. The summed E-state index contributed by atoms with van der Waals surface area (Å²) in [6.07, 6.45) is 1.83. The first-order valence-electron chi connectivity index (χ1n) is 9.92. The molecule has 30 heavy (non-hydrogen) atoms. The molecule has 6 nitrogen and oxygen atoms in total. The van der Waals surface area contributed by atoms with E-state index in [2.05, 4.69) is 39.1 Å². The number of carbonyl (C=O) groups excluding carboxylic acids is 1. The van der Waals surface area contributed by atoms with Crippen LogP contribution in [0.15, 0.2) is 58.4 Å². The number of methoxy groups -OCH3 is 2. The largest absolute Gasteiger partial charge is 0.497 e. The SMILES string of the molecule is COc1ccc(OC)c(/C=C2/SC(N3CCN(Cc4ccccc4)CC3)=NC2=O)c1. The van der Waals surface area contributed by atoms with Gasteiger partial charge in [0.25, 0.3) is 5.91 Å². The fraction of sp³-hybridized carbons (Fsp3) is 0.304. The number of amides is 1. The molecule has 0 aliphatic carbocycles. The van der Waals surface area contributed by atoms with Crippen molar-refractivity contribution >= 4 is 28.9 Å². The molecule has 2 aromatic carbocycles. The molecule has 0 unspecified atom stereocenters. The van der Waals surface area contributed by atoms with E-state index in [0.717, 1.165) is 43.5 Å². The second-order valence-electron chi connectivity index (χ2n) is 7.17. The minimum Gasteiger partial charge on any atom is -0.497 e. The van der Waals surface area contributed by atoms with Gasteiger partial charge < -0.3 is 14.4 Å². The minimum atomic E-state index is -0.202. The molecular weight excluding hydrogens is 398 g/mol. The highest BCUT2D eigenvalue weighted by atomic mass is 32.2. The molecule has 0 N–H and O–H groups in total. The zero-order chi connectivity index (χ0) is 20.9. The molecule has 2 aliphatic heterocycles. The van der Waals surface area contributed by atoms with Crippen molar-refractivity contribution in [2.45, 2.75) is 6.54 Å². The van der Waals surface area contributed by atoms with E-state index in [1.54, 1.807) is 14.2 Å². The van der Waals surface area contributed by atoms with E-state index in [4.69, 9.17) is 9.47 Å². The van der Waals surface area contributed by atoms with E-state index in [-0.39, 0.29) is 5.91 Å². The smallest absolute Gasteiger partial charge is 0.286 e. The van der Waals surface area contributed by atoms with Gasteiger partial charge >= 0.3 is 0 Å². The van der Waals surface area contributed by atoms with E-state index in [1.807, 2.05) is 30.3 Å². The van der Waals surface area contributed by atoms with Crippen molar-refractivity contribution in [3.05, 3.63) is 64.6 Å². The van der Waals surface area contributed by atoms with Crippen LogP contribution in [-0.2, 0) is 11.3 Å². The van der Waals surface area contributed by atoms with Crippen LogP contribution in [0.2, 0.25) is 0 Å². The minimum absolute atomic E-state index is 0.202. The van der Waals surface area contributed by atoms with Gasteiger partial charge in [0.2, 0.25) is 0 Å². The third kappa shape index (κ3) is 4.68. The second-order valence-corrected chi connectivity index (χ2v) is 8.18. The zero-order valence-corrected chi connectivity index (χ0v) is 18.0. The van der Waals surface area contributed by atoms with Crippen molar-refractivity contribution in [1.29, 1.82) is 0 Å². The molecule has 0 spiro atoms. The van der Waals surface area contributed by atoms with E-state index < -0.39 is 0 Å². The molecule has 1 fully saturated rings. The Balaban J connectivity index is 1.39. The number of nitrogens with zero attached hydrogens (tertiary/aromatic N) is 3. The van der Waals surface area contributed by atoms with Crippen molar-refractivity contribution in [3.63, 3.8) is 0 Å². The van der Waals surface area contributed by atoms with E-state index in [1.165, 1.54) is 17.3 Å². The Morgan fingerprint density at radius 1 is 1.03 bits per heavy atom. The van der Waals surface area contributed by atoms with Crippen LogP contribution in [0.1, 0.15) is 11.1 Å². The highest BCUT2D eigenvalue weighted by molar-refractivity contribution is 8.18. The first-order valence-corrected chi connectivity index (χ1v) is 10.7. The maximum absolute atomic E-state index is 12.5. The van der Waals surface area contributed by atoms with Crippen LogP contribution < -0.4 is 9.47 Å². The van der Waals surface area contributed by atoms with Gasteiger partial charge in [-0.3, -0.25) is 9.69 Å². The number of thioether (sulfide) groups is 1. The fourth-order valence-electron chi connectivity index (χ4n) is 3.57. The summed E-state index contributed by atoms with van der Waals surface area (Å²) in [5, 5.41) is 0.785. The molecule has 2 aliphatic rings. The number of aliphatic imine (C=N–C) groups is 1. The normalized spacial score (nSPS) is 18.6. The van der Waals surface area contributed by atoms with Gasteiger partial charge in [-0.15, -0.1) is 0 Å². The summed E-state index contributed by atoms with van der Waals surface area (Å²) in [6, 6.07) is 16.0. The van der Waals surface area contributed by atoms with E-state index in [0.29, 0.717) is 16.4 Å². The summed E-state index contributed by atoms with van der Waals surface area (Å²) in [5.74, 6) is 1.21. The van der Waals surface area contributed by atoms with Gasteiger partial charge in [-0.2, -0.15) is 4.99 Å². The summed E-state index contributed by atoms with van der Waals surface area (Å²) >= 11 is 1.43. The molecule has 0 bridgehead atoms. The molecular formula is C23H25N3O3S. The lowest BCUT2D eigenvalue weighted by atomic mass is 10.1. The second kappa shape index (κ2) is 9.36. The van der Waals surface area contributed by atoms with Crippen LogP contribution in [0.4, 0.5) is 0 Å². The predicted octanol–water partition coefficient (Wildman–Crippen LogP) is 3.49. The van der Waals surface area contributed by atoms with Crippen molar-refractivity contribution in [2.75, 3.05) is 40.4 Å². The van der Waals surface area contributed by atoms with Crippen LogP contribution >= 0.6 is 11.8 Å². The van der Waals surface area contributed by atoms with Gasteiger partial charge in [-0.05, 0) is 41.6 Å². The Hall–Kier alpha value is -2.77. The van der Waals surface area contributed by atoms with Crippen molar-refractivity contribution in [2.24, 2.45) is 4.99 Å². The quantitative estimate of drug-likeness (QED) is 0.687. The highest BCUT2D eigenvalue weighted by Crippen LogP contribution is 2.34. The van der Waals surface area contributed by atoms with Crippen molar-refractivity contribution in [3.8, 4) is 11.5 Å². The van der Waals surface area contributed by atoms with Crippen LogP contribution in [-0.4, -0.2) is 61.3 Å². The van der Waals surface area contributed by atoms with Gasteiger partial charge in [0, 0.05) is 38.3 Å². The lowest BCUT2D eigenvalue weighted by Gasteiger charge is -2.35. The Labute approximate surface area is 181 Å². The first-order chi connectivity index (χ1) is 14.7. The summed E-state index contributed by atoms with van der Waals surface area (Å²) in [6.45, 7) is 4.58. The van der Waals surface area contributed by atoms with Gasteiger partial charge in [0.1, 0.15) is 11.5 Å². The highest BCUT2D eigenvalue weighted by Gasteiger charge is 2.28. The molecule has 156 valence electrons. The third-order valence-corrected chi connectivity index (χ3v) is 6.27. The average Bonchev–Trinajstić information content (AvgIpc) is 3.15. The predicted molar refractivity (Wildman–Crippen MR) is 121 cm³/mol. The Morgan fingerprint density at radius 3 is 2.50 bits per heavy atom. The lowest BCUT2D eigenvalue weighted by molar-refractivity contribution is -0.113. The van der Waals surface area contributed by atoms with Crippen LogP contribution in [0, 0.1) is 0 Å². The van der Waals surface area contributed by atoms with Gasteiger partial charge in [-0.1, -0.05) is 30.3 Å².